The number of carboxylic acids is 1. The average Bonchev–Trinajstić information content (AvgIpc) is 2.36. The number of hydrogen-bond donors (Lipinski definition) is 3. The van der Waals surface area contributed by atoms with E-state index >= 15 is 0 Å². The minimum Gasteiger partial charge on any atom is -0.481 e. The number of aromatic nitrogens is 1. The molecule has 0 aliphatic carbocycles. The quantitative estimate of drug-likeness (QED) is 0.775. The summed E-state index contributed by atoms with van der Waals surface area (Å²) in [4.78, 5) is 27.3. The van der Waals surface area contributed by atoms with Gasteiger partial charge in [-0.3, -0.25) is 9.78 Å². The fourth-order valence-corrected chi connectivity index (χ4v) is 1.61. The summed E-state index contributed by atoms with van der Waals surface area (Å²) >= 11 is 0. The number of aliphatic carboxylic acids is 1. The molecule has 0 unspecified atom stereocenters. The summed E-state index contributed by atoms with van der Waals surface area (Å²) in [6, 6.07) is 1.46. The van der Waals surface area contributed by atoms with Crippen LogP contribution >= 0.6 is 0 Å². The summed E-state index contributed by atoms with van der Waals surface area (Å²) in [6.07, 6.45) is 3.39. The molecule has 0 fully saturated rings. The molecule has 0 aliphatic heterocycles. The summed E-state index contributed by atoms with van der Waals surface area (Å²) in [5.74, 6) is -0.962. The number of aryl methyl sites for hydroxylation is 1. The first-order chi connectivity index (χ1) is 9.58. The van der Waals surface area contributed by atoms with Crippen molar-refractivity contribution in [1.29, 1.82) is 0 Å². The molecule has 1 aromatic rings. The van der Waals surface area contributed by atoms with Crippen molar-refractivity contribution in [3.05, 3.63) is 29.6 Å². The smallest absolute Gasteiger partial charge is 0.315 e. The van der Waals surface area contributed by atoms with Gasteiger partial charge in [-0.1, -0.05) is 0 Å². The maximum atomic E-state index is 12.0. The number of rotatable bonds is 5. The number of carbonyl (C=O) groups excluding carboxylic acids is 1. The number of nitrogens with zero attached hydrogens (tertiary/aromatic N) is 1. The zero-order valence-electron chi connectivity index (χ0n) is 13.2. The first kappa shape index (κ1) is 16.9. The van der Waals surface area contributed by atoms with E-state index in [9.17, 15) is 14.7 Å². The molecule has 2 amide bonds. The van der Waals surface area contributed by atoms with Gasteiger partial charge in [0.25, 0.3) is 0 Å². The Hall–Kier alpha value is -2.11. The van der Waals surface area contributed by atoms with Crippen molar-refractivity contribution >= 4 is 12.0 Å². The van der Waals surface area contributed by atoms with E-state index in [0.29, 0.717) is 6.54 Å². The molecular formula is C15H23N3O3. The van der Waals surface area contributed by atoms with E-state index in [1.165, 1.54) is 0 Å². The molecule has 1 aromatic heterocycles. The van der Waals surface area contributed by atoms with Crippen LogP contribution in [0.1, 0.15) is 38.8 Å². The van der Waals surface area contributed by atoms with Crippen molar-refractivity contribution in [2.45, 2.75) is 46.7 Å². The van der Waals surface area contributed by atoms with Crippen LogP contribution < -0.4 is 10.6 Å². The molecule has 0 saturated heterocycles. The van der Waals surface area contributed by atoms with Crippen molar-refractivity contribution in [3.63, 3.8) is 0 Å². The minimum absolute atomic E-state index is 0.342. The van der Waals surface area contributed by atoms with Crippen molar-refractivity contribution in [2.75, 3.05) is 0 Å². The van der Waals surface area contributed by atoms with Crippen molar-refractivity contribution < 1.29 is 14.7 Å². The van der Waals surface area contributed by atoms with Gasteiger partial charge in [-0.25, -0.2) is 4.79 Å². The van der Waals surface area contributed by atoms with Crippen LogP contribution in [0, 0.1) is 12.3 Å². The topological polar surface area (TPSA) is 91.3 Å². The van der Waals surface area contributed by atoms with Crippen LogP contribution in [0.5, 0.6) is 0 Å². The van der Waals surface area contributed by atoms with Crippen molar-refractivity contribution in [2.24, 2.45) is 5.41 Å². The lowest BCUT2D eigenvalue weighted by atomic mass is 9.74. The van der Waals surface area contributed by atoms with E-state index in [0.717, 1.165) is 11.1 Å². The number of amides is 2. The van der Waals surface area contributed by atoms with Gasteiger partial charge in [0.05, 0.1) is 11.0 Å². The first-order valence-electron chi connectivity index (χ1n) is 6.77. The summed E-state index contributed by atoms with van der Waals surface area (Å²) in [5.41, 5.74) is -0.0278. The maximum absolute atomic E-state index is 12.0. The van der Waals surface area contributed by atoms with E-state index in [-0.39, 0.29) is 0 Å². The van der Waals surface area contributed by atoms with Crippen LogP contribution in [-0.4, -0.2) is 27.6 Å². The SMILES string of the molecule is Cc1ccncc1CNC(=O)NC(C)(C)C(C)(C)C(=O)O. The minimum atomic E-state index is -1.09. The Bertz CT molecular complexity index is 539. The standard InChI is InChI=1S/C15H23N3O3/c1-10-6-7-16-8-11(10)9-17-13(21)18-15(4,5)14(2,3)12(19)20/h6-8H,9H2,1-5H3,(H,19,20)(H2,17,18,21). The zero-order valence-corrected chi connectivity index (χ0v) is 13.2. The van der Waals surface area contributed by atoms with Crippen LogP contribution in [0.2, 0.25) is 0 Å². The van der Waals surface area contributed by atoms with Gasteiger partial charge in [-0.05, 0) is 51.8 Å². The molecule has 21 heavy (non-hydrogen) atoms. The van der Waals surface area contributed by atoms with Gasteiger partial charge < -0.3 is 15.7 Å². The molecule has 0 aliphatic rings. The van der Waals surface area contributed by atoms with E-state index in [1.807, 2.05) is 13.0 Å². The number of nitrogens with one attached hydrogen (secondary N) is 2. The zero-order chi connectivity index (χ0) is 16.3. The predicted molar refractivity (Wildman–Crippen MR) is 79.8 cm³/mol. The van der Waals surface area contributed by atoms with Crippen LogP contribution in [0.4, 0.5) is 4.79 Å². The largest absolute Gasteiger partial charge is 0.481 e. The maximum Gasteiger partial charge on any atom is 0.315 e. The van der Waals surface area contributed by atoms with E-state index in [4.69, 9.17) is 0 Å². The van der Waals surface area contributed by atoms with Gasteiger partial charge in [0.1, 0.15) is 0 Å². The summed E-state index contributed by atoms with van der Waals surface area (Å²) in [5, 5.41) is 14.7. The second-order valence-corrected chi connectivity index (χ2v) is 6.16. The molecule has 6 nitrogen and oxygen atoms in total. The molecule has 6 heteroatoms. The van der Waals surface area contributed by atoms with E-state index in [2.05, 4.69) is 15.6 Å². The van der Waals surface area contributed by atoms with Crippen LogP contribution in [0.15, 0.2) is 18.5 Å². The second kappa shape index (κ2) is 6.11. The second-order valence-electron chi connectivity index (χ2n) is 6.16. The molecule has 3 N–H and O–H groups in total. The molecule has 1 heterocycles. The van der Waals surface area contributed by atoms with Crippen LogP contribution in [0.25, 0.3) is 0 Å². The van der Waals surface area contributed by atoms with Gasteiger partial charge in [-0.2, -0.15) is 0 Å². The Morgan fingerprint density at radius 3 is 2.43 bits per heavy atom. The molecule has 0 aromatic carbocycles. The fraction of sp³-hybridized carbons (Fsp3) is 0.533. The molecule has 0 saturated carbocycles. The number of hydrogen-bond acceptors (Lipinski definition) is 3. The molecule has 116 valence electrons. The summed E-state index contributed by atoms with van der Waals surface area (Å²) in [6.45, 7) is 8.83. The normalized spacial score (nSPS) is 11.9. The average molecular weight is 293 g/mol. The Kier molecular flexibility index (Phi) is 4.93. The van der Waals surface area contributed by atoms with Gasteiger partial charge in [-0.15, -0.1) is 0 Å². The molecule has 0 atom stereocenters. The molecule has 1 rings (SSSR count). The summed E-state index contributed by atoms with van der Waals surface area (Å²) in [7, 11) is 0. The number of carboxylic acid groups (broad SMARTS) is 1. The van der Waals surface area contributed by atoms with Gasteiger partial charge in [0, 0.05) is 18.9 Å². The van der Waals surface area contributed by atoms with Crippen LogP contribution in [-0.2, 0) is 11.3 Å². The number of urea groups is 1. The highest BCUT2D eigenvalue weighted by molar-refractivity contribution is 5.79. The van der Waals surface area contributed by atoms with E-state index < -0.39 is 23.0 Å². The monoisotopic (exact) mass is 293 g/mol. The Morgan fingerprint density at radius 1 is 1.29 bits per heavy atom. The molecular weight excluding hydrogens is 270 g/mol. The first-order valence-corrected chi connectivity index (χ1v) is 6.77. The van der Waals surface area contributed by atoms with E-state index in [1.54, 1.807) is 40.1 Å². The van der Waals surface area contributed by atoms with Gasteiger partial charge in [0.15, 0.2) is 0 Å². The van der Waals surface area contributed by atoms with Crippen LogP contribution in [0.3, 0.4) is 0 Å². The van der Waals surface area contributed by atoms with Crippen molar-refractivity contribution in [3.8, 4) is 0 Å². The highest BCUT2D eigenvalue weighted by atomic mass is 16.4. The Morgan fingerprint density at radius 2 is 1.90 bits per heavy atom. The van der Waals surface area contributed by atoms with Gasteiger partial charge >= 0.3 is 12.0 Å². The number of carbonyl (C=O) groups is 2. The Balaban J connectivity index is 2.66. The third kappa shape index (κ3) is 3.93. The lowest BCUT2D eigenvalue weighted by molar-refractivity contribution is -0.150. The Labute approximate surface area is 125 Å². The van der Waals surface area contributed by atoms with Crippen molar-refractivity contribution in [1.82, 2.24) is 15.6 Å². The lowest BCUT2D eigenvalue weighted by Gasteiger charge is -2.38. The third-order valence-electron chi connectivity index (χ3n) is 4.11. The fourth-order valence-electron chi connectivity index (χ4n) is 1.61. The summed E-state index contributed by atoms with van der Waals surface area (Å²) < 4.78 is 0. The highest BCUT2D eigenvalue weighted by Gasteiger charge is 2.44. The molecule has 0 bridgehead atoms. The molecule has 0 spiro atoms. The third-order valence-corrected chi connectivity index (χ3v) is 4.11. The van der Waals surface area contributed by atoms with Gasteiger partial charge in [0.2, 0.25) is 0 Å². The number of pyridine rings is 1. The lowest BCUT2D eigenvalue weighted by Crippen LogP contribution is -2.58. The predicted octanol–water partition coefficient (Wildman–Crippen LogP) is 2.08. The highest BCUT2D eigenvalue weighted by Crippen LogP contribution is 2.30. The molecule has 0 radical (unpaired) electrons.